The van der Waals surface area contributed by atoms with Gasteiger partial charge in [0.1, 0.15) is 6.54 Å². The topological polar surface area (TPSA) is 136 Å². The number of halogens is 2. The van der Waals surface area contributed by atoms with Crippen molar-refractivity contribution in [3.05, 3.63) is 55.1 Å². The summed E-state index contributed by atoms with van der Waals surface area (Å²) in [6.45, 7) is 1.74. The van der Waals surface area contributed by atoms with E-state index < -0.39 is 17.2 Å². The van der Waals surface area contributed by atoms with Gasteiger partial charge in [-0.05, 0) is 18.6 Å². The van der Waals surface area contributed by atoms with Crippen molar-refractivity contribution < 1.29 is 19.1 Å². The number of esters is 1. The van der Waals surface area contributed by atoms with E-state index in [1.54, 1.807) is 0 Å². The number of benzene rings is 1. The number of nitrogens with zero attached hydrogens (tertiary/aromatic N) is 3. The number of H-pyrrole nitrogens is 1. The van der Waals surface area contributed by atoms with Crippen molar-refractivity contribution in [2.24, 2.45) is 7.05 Å². The Hall–Kier alpha value is -3.31. The predicted octanol–water partition coefficient (Wildman–Crippen LogP) is 1.01. The molecule has 1 aromatic carbocycles. The molecule has 0 fully saturated rings. The number of rotatable bonds is 7. The molecule has 11 nitrogen and oxygen atoms in total. The summed E-state index contributed by atoms with van der Waals surface area (Å²) in [5.41, 5.74) is -1.15. The molecule has 0 saturated heterocycles. The Kier molecular flexibility index (Phi) is 7.21. The Morgan fingerprint density at radius 2 is 1.91 bits per heavy atom. The summed E-state index contributed by atoms with van der Waals surface area (Å²) >= 11 is 12.6. The van der Waals surface area contributed by atoms with E-state index in [2.05, 4.69) is 15.4 Å². The van der Waals surface area contributed by atoms with Gasteiger partial charge in [0.2, 0.25) is 11.8 Å². The van der Waals surface area contributed by atoms with Crippen molar-refractivity contribution in [2.75, 3.05) is 19.7 Å². The molecule has 1 amide bonds. The number of ether oxygens (including phenoxy) is 2. The van der Waals surface area contributed by atoms with E-state index in [1.807, 2.05) is 6.92 Å². The number of carbonyl (C=O) groups excluding carboxylic acids is 2. The molecule has 1 aliphatic rings. The molecule has 1 aliphatic heterocycles. The van der Waals surface area contributed by atoms with Crippen LogP contribution in [0, 0.1) is 0 Å². The lowest BCUT2D eigenvalue weighted by atomic mass is 10.1. The Bertz CT molecular complexity index is 1180. The summed E-state index contributed by atoms with van der Waals surface area (Å²) in [6, 6.07) is 2.80. The molecule has 3 rings (SSSR count). The van der Waals surface area contributed by atoms with Gasteiger partial charge in [-0.1, -0.05) is 30.1 Å². The van der Waals surface area contributed by atoms with Gasteiger partial charge in [0, 0.05) is 12.6 Å². The van der Waals surface area contributed by atoms with Crippen molar-refractivity contribution in [3.8, 4) is 17.0 Å². The van der Waals surface area contributed by atoms with Gasteiger partial charge in [-0.3, -0.25) is 19.4 Å². The second-order valence-electron chi connectivity index (χ2n) is 6.69. The van der Waals surface area contributed by atoms with Crippen LogP contribution < -0.4 is 21.3 Å². The molecule has 0 saturated carbocycles. The first-order valence-corrected chi connectivity index (χ1v) is 10.2. The van der Waals surface area contributed by atoms with E-state index >= 15 is 0 Å². The number of hydrogen-bond acceptors (Lipinski definition) is 8. The minimum Gasteiger partial charge on any atom is -0.464 e. The van der Waals surface area contributed by atoms with E-state index in [0.717, 1.165) is 9.58 Å². The lowest BCUT2D eigenvalue weighted by molar-refractivity contribution is -0.147. The maximum Gasteiger partial charge on any atom is 0.344 e. The van der Waals surface area contributed by atoms with Gasteiger partial charge in [-0.25, -0.2) is 9.48 Å². The second kappa shape index (κ2) is 9.88. The third kappa shape index (κ3) is 5.29. The van der Waals surface area contributed by atoms with Crippen LogP contribution in [-0.4, -0.2) is 51.2 Å². The number of amides is 1. The Labute approximate surface area is 191 Å². The van der Waals surface area contributed by atoms with Crippen molar-refractivity contribution in [1.29, 1.82) is 0 Å². The van der Waals surface area contributed by atoms with Crippen molar-refractivity contribution in [1.82, 2.24) is 25.0 Å². The van der Waals surface area contributed by atoms with E-state index in [9.17, 15) is 19.2 Å². The zero-order valence-electron chi connectivity index (χ0n) is 17.1. The Morgan fingerprint density at radius 1 is 1.22 bits per heavy atom. The molecular formula is C19H19Cl2N5O6. The molecule has 0 atom stereocenters. The normalized spacial score (nSPS) is 13.4. The predicted molar refractivity (Wildman–Crippen MR) is 115 cm³/mol. The van der Waals surface area contributed by atoms with Crippen LogP contribution in [0.15, 0.2) is 33.8 Å². The van der Waals surface area contributed by atoms with E-state index in [-0.39, 0.29) is 58.5 Å². The molecule has 0 bridgehead atoms. The molecule has 2 N–H and O–H groups in total. The first-order chi connectivity index (χ1) is 15.2. The monoisotopic (exact) mass is 483 g/mol. The quantitative estimate of drug-likeness (QED) is 0.556. The lowest BCUT2D eigenvalue weighted by Gasteiger charge is -2.25. The highest BCUT2D eigenvalue weighted by molar-refractivity contribution is 6.37. The average Bonchev–Trinajstić information content (AvgIpc) is 2.74. The standard InChI is InChI=1S/C19H19Cl2N5O6/c1-3-4-31-15(28)9-26-8-13(22-7-14(26)27)32-17-11(20)5-10(6-12(17)21)16-18(29)23-19(30)25(2)24-16/h5-6,8,22H,3-4,7,9H2,1-2H3,(H,23,29,30). The molecule has 13 heteroatoms. The van der Waals surface area contributed by atoms with E-state index in [1.165, 1.54) is 25.4 Å². The lowest BCUT2D eigenvalue weighted by Crippen LogP contribution is -2.44. The zero-order chi connectivity index (χ0) is 23.4. The molecule has 0 radical (unpaired) electrons. The fraction of sp³-hybridized carbons (Fsp3) is 0.316. The molecule has 2 heterocycles. The van der Waals surface area contributed by atoms with Crippen LogP contribution in [0.2, 0.25) is 10.0 Å². The summed E-state index contributed by atoms with van der Waals surface area (Å²) in [7, 11) is 1.38. The maximum absolute atomic E-state index is 12.1. The van der Waals surface area contributed by atoms with E-state index in [0.29, 0.717) is 6.42 Å². The minimum atomic E-state index is -0.699. The maximum atomic E-state index is 12.1. The van der Waals surface area contributed by atoms with Gasteiger partial charge in [0.15, 0.2) is 11.4 Å². The van der Waals surface area contributed by atoms with Gasteiger partial charge in [0.25, 0.3) is 5.56 Å². The third-order valence-electron chi connectivity index (χ3n) is 4.24. The first kappa shape index (κ1) is 23.4. The molecule has 2 aromatic rings. The number of nitrogens with one attached hydrogen (secondary N) is 2. The van der Waals surface area contributed by atoms with Crippen LogP contribution in [0.3, 0.4) is 0 Å². The highest BCUT2D eigenvalue weighted by Gasteiger charge is 2.24. The van der Waals surface area contributed by atoms with Gasteiger partial charge >= 0.3 is 11.7 Å². The molecule has 1 aromatic heterocycles. The zero-order valence-corrected chi connectivity index (χ0v) is 18.6. The molecule has 170 valence electrons. The fourth-order valence-corrected chi connectivity index (χ4v) is 3.26. The van der Waals surface area contributed by atoms with Crippen molar-refractivity contribution in [2.45, 2.75) is 13.3 Å². The molecule has 32 heavy (non-hydrogen) atoms. The summed E-state index contributed by atoms with van der Waals surface area (Å²) in [5.74, 6) is -0.714. The minimum absolute atomic E-state index is 0.0519. The van der Waals surface area contributed by atoms with Crippen molar-refractivity contribution in [3.63, 3.8) is 0 Å². The van der Waals surface area contributed by atoms with Crippen LogP contribution in [0.5, 0.6) is 5.75 Å². The summed E-state index contributed by atoms with van der Waals surface area (Å²) in [5, 5.41) is 6.79. The largest absolute Gasteiger partial charge is 0.464 e. The number of carbonyl (C=O) groups is 2. The SMILES string of the molecule is CCCOC(=O)CN1C=C(Oc2c(Cl)cc(-c3nn(C)c(=O)[nH]c3=O)cc2Cl)NCC1=O. The van der Waals surface area contributed by atoms with Crippen LogP contribution >= 0.6 is 23.2 Å². The van der Waals surface area contributed by atoms with E-state index in [4.69, 9.17) is 32.7 Å². The second-order valence-corrected chi connectivity index (χ2v) is 7.51. The number of aromatic nitrogens is 3. The summed E-state index contributed by atoms with van der Waals surface area (Å²) in [4.78, 5) is 50.8. The van der Waals surface area contributed by atoms with Crippen LogP contribution in [0.1, 0.15) is 13.3 Å². The molecule has 0 unspecified atom stereocenters. The first-order valence-electron chi connectivity index (χ1n) is 9.45. The van der Waals surface area contributed by atoms with Crippen LogP contribution in [-0.2, 0) is 21.4 Å². The Balaban J connectivity index is 1.85. The molecular weight excluding hydrogens is 465 g/mol. The van der Waals surface area contributed by atoms with Gasteiger partial charge in [0.05, 0.1) is 29.4 Å². The van der Waals surface area contributed by atoms with Crippen LogP contribution in [0.4, 0.5) is 0 Å². The summed E-state index contributed by atoms with van der Waals surface area (Å²) < 4.78 is 11.7. The van der Waals surface area contributed by atoms with Gasteiger partial charge < -0.3 is 19.7 Å². The third-order valence-corrected chi connectivity index (χ3v) is 4.80. The van der Waals surface area contributed by atoms with Gasteiger partial charge in [-0.15, -0.1) is 0 Å². The molecule has 0 aliphatic carbocycles. The number of aryl methyl sites for hydroxylation is 1. The molecule has 0 spiro atoms. The Morgan fingerprint density at radius 3 is 2.56 bits per heavy atom. The highest BCUT2D eigenvalue weighted by atomic mass is 35.5. The number of hydrogen-bond donors (Lipinski definition) is 2. The highest BCUT2D eigenvalue weighted by Crippen LogP contribution is 2.37. The fourth-order valence-electron chi connectivity index (χ4n) is 2.69. The van der Waals surface area contributed by atoms with Gasteiger partial charge in [-0.2, -0.15) is 5.10 Å². The average molecular weight is 484 g/mol. The van der Waals surface area contributed by atoms with Crippen LogP contribution in [0.25, 0.3) is 11.3 Å². The summed E-state index contributed by atoms with van der Waals surface area (Å²) in [6.07, 6.45) is 1.97. The van der Waals surface area contributed by atoms with Crippen molar-refractivity contribution >= 4 is 35.1 Å². The smallest absolute Gasteiger partial charge is 0.344 e. The number of aromatic amines is 1.